The number of allylic oxidation sites excluding steroid dienone is 1. The summed E-state index contributed by atoms with van der Waals surface area (Å²) in [6, 6.07) is 1.19. The van der Waals surface area contributed by atoms with Crippen LogP contribution in [-0.4, -0.2) is 49.3 Å². The van der Waals surface area contributed by atoms with Gasteiger partial charge in [-0.05, 0) is 45.2 Å². The molecular formula is C15H28N2O. The molecule has 2 aliphatic heterocycles. The number of ether oxygens (including phenoxy) is 1. The van der Waals surface area contributed by atoms with Gasteiger partial charge in [0, 0.05) is 18.6 Å². The Balaban J connectivity index is 1.86. The van der Waals surface area contributed by atoms with Gasteiger partial charge in [0.05, 0.1) is 12.7 Å². The normalized spacial score (nSPS) is 30.1. The predicted molar refractivity (Wildman–Crippen MR) is 75.8 cm³/mol. The lowest BCUT2D eigenvalue weighted by molar-refractivity contribution is -0.0654. The fourth-order valence-electron chi connectivity index (χ4n) is 3.13. The van der Waals surface area contributed by atoms with Crippen LogP contribution in [0.3, 0.4) is 0 Å². The average Bonchev–Trinajstić information content (AvgIpc) is 2.86. The fraction of sp³-hybridized carbons (Fsp3) is 0.867. The molecule has 3 unspecified atom stereocenters. The quantitative estimate of drug-likeness (QED) is 0.703. The number of morpholine rings is 1. The summed E-state index contributed by atoms with van der Waals surface area (Å²) in [5, 5.41) is 3.65. The van der Waals surface area contributed by atoms with E-state index < -0.39 is 0 Å². The van der Waals surface area contributed by atoms with Crippen LogP contribution in [0.25, 0.3) is 0 Å². The zero-order chi connectivity index (χ0) is 12.8. The molecule has 1 N–H and O–H groups in total. The summed E-state index contributed by atoms with van der Waals surface area (Å²) >= 11 is 0. The minimum Gasteiger partial charge on any atom is -0.374 e. The number of hydrogen-bond acceptors (Lipinski definition) is 3. The second-order valence-corrected chi connectivity index (χ2v) is 5.59. The van der Waals surface area contributed by atoms with Crippen molar-refractivity contribution in [2.24, 2.45) is 0 Å². The van der Waals surface area contributed by atoms with E-state index in [0.29, 0.717) is 18.2 Å². The van der Waals surface area contributed by atoms with Gasteiger partial charge in [-0.25, -0.2) is 0 Å². The molecule has 0 aliphatic carbocycles. The van der Waals surface area contributed by atoms with Crippen LogP contribution in [0.2, 0.25) is 0 Å². The van der Waals surface area contributed by atoms with E-state index >= 15 is 0 Å². The number of nitrogens with zero attached hydrogens (tertiary/aromatic N) is 1. The molecule has 0 radical (unpaired) electrons. The molecule has 0 spiro atoms. The molecule has 2 saturated heterocycles. The van der Waals surface area contributed by atoms with Crippen LogP contribution in [0, 0.1) is 0 Å². The van der Waals surface area contributed by atoms with E-state index in [4.69, 9.17) is 4.74 Å². The van der Waals surface area contributed by atoms with Crippen molar-refractivity contribution in [2.45, 2.75) is 57.2 Å². The van der Waals surface area contributed by atoms with Crippen LogP contribution < -0.4 is 5.32 Å². The van der Waals surface area contributed by atoms with Crippen molar-refractivity contribution in [3.05, 3.63) is 12.7 Å². The first-order valence-electron chi connectivity index (χ1n) is 7.55. The topological polar surface area (TPSA) is 24.5 Å². The molecule has 3 nitrogen and oxygen atoms in total. The molecule has 0 aromatic carbocycles. The molecule has 2 aliphatic rings. The summed E-state index contributed by atoms with van der Waals surface area (Å²) < 4.78 is 6.11. The van der Waals surface area contributed by atoms with Crippen LogP contribution in [0.15, 0.2) is 12.7 Å². The van der Waals surface area contributed by atoms with Gasteiger partial charge < -0.3 is 10.1 Å². The predicted octanol–water partition coefficient (Wildman–Crippen LogP) is 2.18. The molecule has 18 heavy (non-hydrogen) atoms. The molecule has 0 aromatic rings. The second kappa shape index (κ2) is 7.27. The third kappa shape index (κ3) is 3.56. The van der Waals surface area contributed by atoms with Crippen molar-refractivity contribution in [3.63, 3.8) is 0 Å². The SMILES string of the molecule is C=CCCC(NCCC)C1CN2CCCC2CO1. The Hall–Kier alpha value is -0.380. The van der Waals surface area contributed by atoms with E-state index in [1.165, 1.54) is 25.8 Å². The van der Waals surface area contributed by atoms with Crippen LogP contribution in [0.5, 0.6) is 0 Å². The van der Waals surface area contributed by atoms with E-state index in [2.05, 4.69) is 23.7 Å². The summed E-state index contributed by atoms with van der Waals surface area (Å²) in [7, 11) is 0. The molecule has 0 saturated carbocycles. The van der Waals surface area contributed by atoms with Gasteiger partial charge in [0.2, 0.25) is 0 Å². The minimum absolute atomic E-state index is 0.367. The molecule has 2 fully saturated rings. The summed E-state index contributed by atoms with van der Waals surface area (Å²) in [4.78, 5) is 2.63. The Morgan fingerprint density at radius 2 is 2.44 bits per heavy atom. The maximum absolute atomic E-state index is 6.11. The molecule has 0 bridgehead atoms. The molecule has 0 amide bonds. The molecule has 2 heterocycles. The van der Waals surface area contributed by atoms with Crippen molar-refractivity contribution in [1.29, 1.82) is 0 Å². The van der Waals surface area contributed by atoms with Gasteiger partial charge in [-0.3, -0.25) is 4.90 Å². The second-order valence-electron chi connectivity index (χ2n) is 5.59. The van der Waals surface area contributed by atoms with Crippen molar-refractivity contribution in [1.82, 2.24) is 10.2 Å². The van der Waals surface area contributed by atoms with E-state index in [1.807, 2.05) is 6.08 Å². The molecule has 104 valence electrons. The highest BCUT2D eigenvalue weighted by Crippen LogP contribution is 2.24. The minimum atomic E-state index is 0.367. The molecule has 0 aromatic heterocycles. The molecular weight excluding hydrogens is 224 g/mol. The Bertz CT molecular complexity index is 257. The third-order valence-electron chi connectivity index (χ3n) is 4.20. The lowest BCUT2D eigenvalue weighted by atomic mass is 10.0. The van der Waals surface area contributed by atoms with Crippen LogP contribution in [0.4, 0.5) is 0 Å². The first kappa shape index (κ1) is 14.0. The highest BCUT2D eigenvalue weighted by molar-refractivity contribution is 4.90. The first-order valence-corrected chi connectivity index (χ1v) is 7.55. The van der Waals surface area contributed by atoms with E-state index in [9.17, 15) is 0 Å². The number of hydrogen-bond donors (Lipinski definition) is 1. The van der Waals surface area contributed by atoms with Gasteiger partial charge in [0.1, 0.15) is 0 Å². The Kier molecular flexibility index (Phi) is 5.67. The third-order valence-corrected chi connectivity index (χ3v) is 4.20. The molecule has 3 atom stereocenters. The van der Waals surface area contributed by atoms with E-state index in [1.54, 1.807) is 0 Å². The number of nitrogens with one attached hydrogen (secondary N) is 1. The largest absolute Gasteiger partial charge is 0.374 e. The Morgan fingerprint density at radius 1 is 1.56 bits per heavy atom. The van der Waals surface area contributed by atoms with Gasteiger partial charge >= 0.3 is 0 Å². The van der Waals surface area contributed by atoms with E-state index in [-0.39, 0.29) is 0 Å². The summed E-state index contributed by atoms with van der Waals surface area (Å²) in [6.45, 7) is 10.5. The van der Waals surface area contributed by atoms with Gasteiger partial charge in [0.25, 0.3) is 0 Å². The van der Waals surface area contributed by atoms with Gasteiger partial charge in [0.15, 0.2) is 0 Å². The van der Waals surface area contributed by atoms with Crippen molar-refractivity contribution in [2.75, 3.05) is 26.2 Å². The zero-order valence-corrected chi connectivity index (χ0v) is 11.7. The van der Waals surface area contributed by atoms with Gasteiger partial charge in [-0.1, -0.05) is 13.0 Å². The summed E-state index contributed by atoms with van der Waals surface area (Å²) in [6.07, 6.45) is 8.46. The van der Waals surface area contributed by atoms with E-state index in [0.717, 1.165) is 32.5 Å². The number of rotatable bonds is 7. The maximum atomic E-state index is 6.11. The van der Waals surface area contributed by atoms with Crippen molar-refractivity contribution < 1.29 is 4.74 Å². The smallest absolute Gasteiger partial charge is 0.0855 e. The Morgan fingerprint density at radius 3 is 3.22 bits per heavy atom. The average molecular weight is 252 g/mol. The molecule has 3 heteroatoms. The van der Waals surface area contributed by atoms with Gasteiger partial charge in [-0.15, -0.1) is 6.58 Å². The fourth-order valence-corrected chi connectivity index (χ4v) is 3.13. The van der Waals surface area contributed by atoms with Crippen LogP contribution in [0.1, 0.15) is 39.0 Å². The Labute approximate surface area is 112 Å². The summed E-state index contributed by atoms with van der Waals surface area (Å²) in [5.41, 5.74) is 0. The monoisotopic (exact) mass is 252 g/mol. The lowest BCUT2D eigenvalue weighted by Crippen LogP contribution is -2.54. The maximum Gasteiger partial charge on any atom is 0.0855 e. The summed E-state index contributed by atoms with van der Waals surface area (Å²) in [5.74, 6) is 0. The standard InChI is InChI=1S/C15H28N2O/c1-3-5-8-14(16-9-4-2)15-11-17-10-6-7-13(17)12-18-15/h3,13-16H,1,4-12H2,2H3. The van der Waals surface area contributed by atoms with Crippen LogP contribution in [-0.2, 0) is 4.74 Å². The van der Waals surface area contributed by atoms with Crippen molar-refractivity contribution in [3.8, 4) is 0 Å². The van der Waals surface area contributed by atoms with Crippen LogP contribution >= 0.6 is 0 Å². The lowest BCUT2D eigenvalue weighted by Gasteiger charge is -2.39. The number of fused-ring (bicyclic) bond motifs is 1. The van der Waals surface area contributed by atoms with Gasteiger partial charge in [-0.2, -0.15) is 0 Å². The zero-order valence-electron chi connectivity index (χ0n) is 11.7. The highest BCUT2D eigenvalue weighted by atomic mass is 16.5. The first-order chi connectivity index (χ1) is 8.85. The molecule has 2 rings (SSSR count). The van der Waals surface area contributed by atoms with Crippen molar-refractivity contribution >= 4 is 0 Å². The highest BCUT2D eigenvalue weighted by Gasteiger charge is 2.35.